The van der Waals surface area contributed by atoms with E-state index in [9.17, 15) is 29.4 Å². The van der Waals surface area contributed by atoms with Crippen LogP contribution in [0.1, 0.15) is 43.5 Å². The van der Waals surface area contributed by atoms with E-state index in [2.05, 4.69) is 9.97 Å². The lowest BCUT2D eigenvalue weighted by atomic mass is 10.0. The second kappa shape index (κ2) is 15.4. The number of aromatic nitrogens is 4. The average Bonchev–Trinajstić information content (AvgIpc) is 4.11. The molecule has 290 valence electrons. The van der Waals surface area contributed by atoms with Crippen molar-refractivity contribution in [1.29, 1.82) is 0 Å². The Bertz CT molecular complexity index is 2900. The molecule has 0 unspecified atom stereocenters. The molecule has 0 saturated heterocycles. The number of fused-ring (bicyclic) bond motifs is 8. The van der Waals surface area contributed by atoms with Gasteiger partial charge < -0.3 is 29.7 Å². The van der Waals surface area contributed by atoms with Gasteiger partial charge in [-0.05, 0) is 119 Å². The van der Waals surface area contributed by atoms with E-state index in [0.717, 1.165) is 33.3 Å². The van der Waals surface area contributed by atoms with Crippen LogP contribution < -0.4 is 9.47 Å². The molecule has 3 aromatic heterocycles. The number of carboxylic acids is 2. The fourth-order valence-corrected chi connectivity index (χ4v) is 7.49. The molecule has 8 bridgehead atoms. The summed E-state index contributed by atoms with van der Waals surface area (Å²) < 4.78 is 10.2. The number of rotatable bonds is 10. The number of hydrogen-bond acceptors (Lipinski definition) is 8. The summed E-state index contributed by atoms with van der Waals surface area (Å²) in [4.78, 5) is 63.6. The zero-order valence-corrected chi connectivity index (χ0v) is 31.2. The molecule has 2 aliphatic heterocycles. The summed E-state index contributed by atoms with van der Waals surface area (Å²) in [7, 11) is 0. The van der Waals surface area contributed by atoms with Gasteiger partial charge in [0.25, 0.3) is 12.9 Å². The normalized spacial score (nSPS) is 11.6. The third kappa shape index (κ3) is 6.90. The topological polar surface area (TPSA) is 185 Å². The van der Waals surface area contributed by atoms with Crippen molar-refractivity contribution in [2.75, 3.05) is 0 Å². The lowest BCUT2D eigenvalue weighted by Gasteiger charge is -2.08. The minimum absolute atomic E-state index is 0.135. The molecule has 0 aliphatic carbocycles. The molecule has 0 amide bonds. The summed E-state index contributed by atoms with van der Waals surface area (Å²) in [6.07, 6.45) is 7.64. The number of aromatic carboxylic acids is 2. The minimum atomic E-state index is -1.05. The smallest absolute Gasteiger partial charge is 0.335 e. The van der Waals surface area contributed by atoms with E-state index >= 15 is 0 Å². The molecular formula is C48H30N4O8. The number of nitrogens with one attached hydrogen (secondary N) is 2. The van der Waals surface area contributed by atoms with E-state index < -0.39 is 11.9 Å². The second-order valence-electron chi connectivity index (χ2n) is 13.7. The van der Waals surface area contributed by atoms with Gasteiger partial charge in [-0.3, -0.25) is 9.59 Å². The van der Waals surface area contributed by atoms with Gasteiger partial charge >= 0.3 is 11.9 Å². The molecule has 0 fully saturated rings. The third-order valence-electron chi connectivity index (χ3n) is 10.2. The van der Waals surface area contributed by atoms with Gasteiger partial charge in [0.2, 0.25) is 0 Å². The molecule has 0 saturated carbocycles. The molecule has 12 nitrogen and oxygen atoms in total. The number of aromatic amines is 2. The van der Waals surface area contributed by atoms with E-state index in [-0.39, 0.29) is 11.1 Å². The van der Waals surface area contributed by atoms with Crippen molar-refractivity contribution in [1.82, 2.24) is 19.9 Å². The van der Waals surface area contributed by atoms with Gasteiger partial charge in [0, 0.05) is 44.3 Å². The van der Waals surface area contributed by atoms with Gasteiger partial charge in [0.1, 0.15) is 11.5 Å². The predicted octanol–water partition coefficient (Wildman–Crippen LogP) is 9.79. The van der Waals surface area contributed by atoms with Crippen molar-refractivity contribution in [3.8, 4) is 56.0 Å². The van der Waals surface area contributed by atoms with Crippen molar-refractivity contribution in [2.45, 2.75) is 0 Å². The Balaban J connectivity index is 1.42. The molecular weight excluding hydrogens is 761 g/mol. The number of ether oxygens (including phenoxy) is 2. The highest BCUT2D eigenvalue weighted by Crippen LogP contribution is 2.39. The van der Waals surface area contributed by atoms with E-state index in [1.165, 1.54) is 0 Å². The molecule has 0 radical (unpaired) electrons. The number of carboxylic acid groups (broad SMARTS) is 2. The molecule has 12 heteroatoms. The summed E-state index contributed by atoms with van der Waals surface area (Å²) >= 11 is 0. The van der Waals surface area contributed by atoms with Gasteiger partial charge in [-0.25, -0.2) is 19.6 Å². The standard InChI is InChI=1S/C48H30N4O8/c53-25-59-33-13-9-29(10-14-33)45-39-21-19-37(50-39)43(27-1-5-31(6-2-27)47(55)56)35-17-18-36(49-35)44(28-3-7-32(8-4-28)48(57)58)38-20-22-40(51-38)46(42-24-23-41(45)52-42)30-11-15-34(16-12-30)60-26-54/h1-26,49,52H,(H,55,56)(H,57,58). The fourth-order valence-electron chi connectivity index (χ4n) is 7.49. The van der Waals surface area contributed by atoms with Crippen LogP contribution in [0, 0.1) is 0 Å². The van der Waals surface area contributed by atoms with Crippen LogP contribution in [-0.4, -0.2) is 55.0 Å². The second-order valence-corrected chi connectivity index (χ2v) is 13.7. The lowest BCUT2D eigenvalue weighted by Crippen LogP contribution is -1.96. The van der Waals surface area contributed by atoms with Crippen LogP contribution in [0.2, 0.25) is 0 Å². The van der Waals surface area contributed by atoms with Crippen LogP contribution in [0.4, 0.5) is 0 Å². The molecule has 2 aliphatic rings. The maximum Gasteiger partial charge on any atom is 0.335 e. The summed E-state index contributed by atoms with van der Waals surface area (Å²) in [5.41, 5.74) is 11.4. The maximum absolute atomic E-state index is 11.8. The number of nitrogens with zero attached hydrogens (tertiary/aromatic N) is 2. The van der Waals surface area contributed by atoms with Crippen molar-refractivity contribution < 1.29 is 38.9 Å². The zero-order chi connectivity index (χ0) is 41.3. The minimum Gasteiger partial charge on any atom is -0.478 e. The van der Waals surface area contributed by atoms with E-state index in [0.29, 0.717) is 80.5 Å². The number of H-pyrrole nitrogens is 2. The number of hydrogen-bond donors (Lipinski definition) is 4. The van der Waals surface area contributed by atoms with Crippen LogP contribution in [0.25, 0.3) is 90.9 Å². The summed E-state index contributed by atoms with van der Waals surface area (Å²) in [6, 6.07) is 35.1. The largest absolute Gasteiger partial charge is 0.478 e. The molecule has 5 heterocycles. The number of carbonyl (C=O) groups is 4. The Morgan fingerprint density at radius 2 is 0.683 bits per heavy atom. The average molecular weight is 791 g/mol. The summed E-state index contributed by atoms with van der Waals surface area (Å²) in [5, 5.41) is 19.4. The lowest BCUT2D eigenvalue weighted by molar-refractivity contribution is -0.121. The maximum atomic E-state index is 11.8. The zero-order valence-electron chi connectivity index (χ0n) is 31.2. The highest BCUT2D eigenvalue weighted by atomic mass is 16.5. The predicted molar refractivity (Wildman–Crippen MR) is 228 cm³/mol. The third-order valence-corrected chi connectivity index (χ3v) is 10.2. The SMILES string of the molecule is O=COc1ccc(-c2c3nc(c(-c4ccc(C(=O)O)cc4)c4ccc([nH]4)c(-c4ccc(C(=O)O)cc4)c4nc(c(-c5ccc(OC=O)cc5)c5ccc2[nH]5)C=C4)C=C3)cc1. The van der Waals surface area contributed by atoms with Crippen LogP contribution >= 0.6 is 0 Å². The Morgan fingerprint density at radius 3 is 0.933 bits per heavy atom. The molecule has 4 aromatic carbocycles. The fraction of sp³-hybridized carbons (Fsp3) is 0. The van der Waals surface area contributed by atoms with E-state index in [4.69, 9.17) is 19.4 Å². The van der Waals surface area contributed by atoms with Gasteiger partial charge in [0.05, 0.1) is 33.9 Å². The van der Waals surface area contributed by atoms with E-state index in [1.807, 2.05) is 72.8 Å². The van der Waals surface area contributed by atoms with E-state index in [1.54, 1.807) is 72.8 Å². The molecule has 4 N–H and O–H groups in total. The monoisotopic (exact) mass is 790 g/mol. The van der Waals surface area contributed by atoms with Crippen LogP contribution in [0.3, 0.4) is 0 Å². The Kier molecular flexibility index (Phi) is 9.47. The highest BCUT2D eigenvalue weighted by molar-refractivity contribution is 6.00. The number of benzene rings is 4. The molecule has 7 aromatic rings. The molecule has 60 heavy (non-hydrogen) atoms. The quantitative estimate of drug-likeness (QED) is 0.0973. The Hall–Kier alpha value is -8.64. The van der Waals surface area contributed by atoms with Crippen LogP contribution in [-0.2, 0) is 9.59 Å². The van der Waals surface area contributed by atoms with Gasteiger partial charge in [-0.2, -0.15) is 0 Å². The van der Waals surface area contributed by atoms with Crippen molar-refractivity contribution in [3.63, 3.8) is 0 Å². The van der Waals surface area contributed by atoms with Gasteiger partial charge in [-0.15, -0.1) is 0 Å². The van der Waals surface area contributed by atoms with Gasteiger partial charge in [0.15, 0.2) is 0 Å². The van der Waals surface area contributed by atoms with Crippen molar-refractivity contribution in [2.24, 2.45) is 0 Å². The molecule has 0 atom stereocenters. The number of carbonyl (C=O) groups excluding carboxylic acids is 2. The van der Waals surface area contributed by atoms with Crippen LogP contribution in [0.5, 0.6) is 11.5 Å². The van der Waals surface area contributed by atoms with Crippen molar-refractivity contribution >= 4 is 71.3 Å². The van der Waals surface area contributed by atoms with Crippen LogP contribution in [0.15, 0.2) is 121 Å². The first-order valence-electron chi connectivity index (χ1n) is 18.5. The summed E-state index contributed by atoms with van der Waals surface area (Å²) in [6.45, 7) is 0.744. The van der Waals surface area contributed by atoms with Crippen molar-refractivity contribution in [3.05, 3.63) is 155 Å². The van der Waals surface area contributed by atoms with Gasteiger partial charge in [-0.1, -0.05) is 48.5 Å². The first kappa shape index (κ1) is 37.0. The molecule has 9 rings (SSSR count). The highest BCUT2D eigenvalue weighted by Gasteiger charge is 2.20. The Labute approximate surface area is 340 Å². The summed E-state index contributed by atoms with van der Waals surface area (Å²) in [5.74, 6) is -1.35. The first-order chi connectivity index (χ1) is 29.3. The molecule has 0 spiro atoms. The Morgan fingerprint density at radius 1 is 0.417 bits per heavy atom. The first-order valence-corrected chi connectivity index (χ1v) is 18.5.